The van der Waals surface area contributed by atoms with E-state index in [9.17, 15) is 0 Å². The number of aromatic nitrogens is 1. The highest BCUT2D eigenvalue weighted by Gasteiger charge is 2.13. The van der Waals surface area contributed by atoms with Crippen molar-refractivity contribution >= 4 is 28.8 Å². The second-order valence-electron chi connectivity index (χ2n) is 6.51. The fourth-order valence-electron chi connectivity index (χ4n) is 3.20. The van der Waals surface area contributed by atoms with E-state index in [1.165, 1.54) is 30.5 Å². The van der Waals surface area contributed by atoms with Gasteiger partial charge in [-0.2, -0.15) is 0 Å². The Balaban J connectivity index is 1.58. The Morgan fingerprint density at radius 2 is 1.88 bits per heavy atom. The highest BCUT2D eigenvalue weighted by Crippen LogP contribution is 2.23. The Morgan fingerprint density at radius 3 is 2.58 bits per heavy atom. The molecule has 1 atom stereocenters. The van der Waals surface area contributed by atoms with Gasteiger partial charge in [-0.1, -0.05) is 12.1 Å². The summed E-state index contributed by atoms with van der Waals surface area (Å²) >= 11 is 5.42. The van der Waals surface area contributed by atoms with Crippen molar-refractivity contribution < 1.29 is 4.74 Å². The van der Waals surface area contributed by atoms with Crippen LogP contribution in [0.25, 0.3) is 0 Å². The number of rotatable bonds is 5. The van der Waals surface area contributed by atoms with Gasteiger partial charge in [0.05, 0.1) is 13.2 Å². The first kappa shape index (κ1) is 18.5. The van der Waals surface area contributed by atoms with Gasteiger partial charge >= 0.3 is 0 Å². The zero-order chi connectivity index (χ0) is 18.4. The smallest absolute Gasteiger partial charge is 0.174 e. The molecule has 0 amide bonds. The minimum Gasteiger partial charge on any atom is -0.493 e. The highest BCUT2D eigenvalue weighted by atomic mass is 32.1. The molecule has 0 bridgehead atoms. The first-order chi connectivity index (χ1) is 12.7. The minimum absolute atomic E-state index is 0.0973. The Morgan fingerprint density at radius 1 is 1.15 bits per heavy atom. The summed E-state index contributed by atoms with van der Waals surface area (Å²) in [5.41, 5.74) is 2.50. The number of hydrogen-bond acceptors (Lipinski definition) is 4. The van der Waals surface area contributed by atoms with E-state index in [0.29, 0.717) is 16.7 Å². The van der Waals surface area contributed by atoms with Crippen LogP contribution in [-0.2, 0) is 0 Å². The van der Waals surface area contributed by atoms with E-state index >= 15 is 0 Å². The van der Waals surface area contributed by atoms with Crippen LogP contribution in [0.2, 0.25) is 0 Å². The van der Waals surface area contributed by atoms with Crippen LogP contribution in [0.4, 0.5) is 11.5 Å². The van der Waals surface area contributed by atoms with Gasteiger partial charge in [-0.3, -0.25) is 0 Å². The molecule has 6 heteroatoms. The molecule has 2 aromatic rings. The molecule has 1 aliphatic rings. The van der Waals surface area contributed by atoms with Gasteiger partial charge in [0, 0.05) is 25.0 Å². The molecule has 3 rings (SSSR count). The lowest BCUT2D eigenvalue weighted by Crippen LogP contribution is -2.31. The molecule has 0 radical (unpaired) electrons. The number of anilines is 2. The van der Waals surface area contributed by atoms with Gasteiger partial charge in [-0.25, -0.2) is 4.98 Å². The van der Waals surface area contributed by atoms with Gasteiger partial charge in [0.25, 0.3) is 0 Å². The molecule has 1 fully saturated rings. The number of ether oxygens (including phenoxy) is 1. The predicted molar refractivity (Wildman–Crippen MR) is 111 cm³/mol. The Hall–Kier alpha value is -2.34. The van der Waals surface area contributed by atoms with Crippen molar-refractivity contribution in [2.45, 2.75) is 32.2 Å². The van der Waals surface area contributed by atoms with Gasteiger partial charge in [0.1, 0.15) is 0 Å². The molecular weight excluding hydrogens is 344 g/mol. The summed E-state index contributed by atoms with van der Waals surface area (Å²) in [6.07, 6.45) is 5.63. The third kappa shape index (κ3) is 4.64. The number of pyridine rings is 1. The molecule has 0 spiro atoms. The lowest BCUT2D eigenvalue weighted by atomic mass is 10.1. The predicted octanol–water partition coefficient (Wildman–Crippen LogP) is 4.13. The standard InChI is InChI=1S/C20H26N4OS/c1-15(22-20(26)23-19-18(25-2)7-6-12-21-19)16-8-10-17(11-9-16)24-13-4-3-5-14-24/h6-12,15H,3-5,13-14H2,1-2H3,(H2,21,22,23,26)/t15-/m1/s1. The van der Waals surface area contributed by atoms with Crippen LogP contribution in [0.5, 0.6) is 5.75 Å². The van der Waals surface area contributed by atoms with E-state index in [1.807, 2.05) is 12.1 Å². The number of hydrogen-bond donors (Lipinski definition) is 2. The summed E-state index contributed by atoms with van der Waals surface area (Å²) in [6.45, 7) is 4.42. The molecular formula is C20H26N4OS. The van der Waals surface area contributed by atoms with Crippen molar-refractivity contribution in [2.24, 2.45) is 0 Å². The van der Waals surface area contributed by atoms with Crippen molar-refractivity contribution in [3.63, 3.8) is 0 Å². The first-order valence-electron chi connectivity index (χ1n) is 9.09. The summed E-state index contributed by atoms with van der Waals surface area (Å²) < 4.78 is 5.29. The molecule has 138 valence electrons. The Labute approximate surface area is 160 Å². The second kappa shape index (κ2) is 8.85. The molecule has 1 aromatic heterocycles. The number of piperidine rings is 1. The number of nitrogens with zero attached hydrogens (tertiary/aromatic N) is 2. The lowest BCUT2D eigenvalue weighted by Gasteiger charge is -2.29. The summed E-state index contributed by atoms with van der Waals surface area (Å²) in [7, 11) is 1.62. The molecule has 5 nitrogen and oxygen atoms in total. The third-order valence-corrected chi connectivity index (χ3v) is 4.90. The van der Waals surface area contributed by atoms with E-state index in [4.69, 9.17) is 17.0 Å². The highest BCUT2D eigenvalue weighted by molar-refractivity contribution is 7.80. The van der Waals surface area contributed by atoms with Gasteiger partial charge in [-0.15, -0.1) is 0 Å². The van der Waals surface area contributed by atoms with E-state index in [2.05, 4.69) is 51.7 Å². The van der Waals surface area contributed by atoms with Crippen LogP contribution >= 0.6 is 12.2 Å². The summed E-state index contributed by atoms with van der Waals surface area (Å²) in [4.78, 5) is 6.73. The van der Waals surface area contributed by atoms with E-state index in [-0.39, 0.29) is 6.04 Å². The average molecular weight is 371 g/mol. The van der Waals surface area contributed by atoms with Gasteiger partial charge in [0.15, 0.2) is 16.7 Å². The summed E-state index contributed by atoms with van der Waals surface area (Å²) in [5.74, 6) is 1.27. The lowest BCUT2D eigenvalue weighted by molar-refractivity contribution is 0.415. The first-order valence-corrected chi connectivity index (χ1v) is 9.49. The van der Waals surface area contributed by atoms with Crippen molar-refractivity contribution in [1.29, 1.82) is 0 Å². The molecule has 26 heavy (non-hydrogen) atoms. The monoisotopic (exact) mass is 370 g/mol. The number of methoxy groups -OCH3 is 1. The molecule has 0 aliphatic carbocycles. The van der Waals surface area contributed by atoms with Crippen LogP contribution in [0, 0.1) is 0 Å². The molecule has 1 saturated heterocycles. The van der Waals surface area contributed by atoms with Gasteiger partial charge < -0.3 is 20.3 Å². The van der Waals surface area contributed by atoms with Crippen LogP contribution < -0.4 is 20.3 Å². The number of thiocarbonyl (C=S) groups is 1. The van der Waals surface area contributed by atoms with Gasteiger partial charge in [0.2, 0.25) is 0 Å². The number of benzene rings is 1. The van der Waals surface area contributed by atoms with Crippen LogP contribution in [0.3, 0.4) is 0 Å². The van der Waals surface area contributed by atoms with E-state index in [1.54, 1.807) is 13.3 Å². The van der Waals surface area contributed by atoms with E-state index in [0.717, 1.165) is 13.1 Å². The maximum Gasteiger partial charge on any atom is 0.174 e. The van der Waals surface area contributed by atoms with Crippen LogP contribution in [-0.4, -0.2) is 30.3 Å². The normalized spacial score (nSPS) is 15.2. The van der Waals surface area contributed by atoms with Crippen molar-refractivity contribution in [3.8, 4) is 5.75 Å². The molecule has 0 saturated carbocycles. The fourth-order valence-corrected chi connectivity index (χ4v) is 3.47. The molecule has 1 aromatic carbocycles. The Kier molecular flexibility index (Phi) is 6.28. The molecule has 0 unspecified atom stereocenters. The zero-order valence-corrected chi connectivity index (χ0v) is 16.2. The fraction of sp³-hybridized carbons (Fsp3) is 0.400. The second-order valence-corrected chi connectivity index (χ2v) is 6.92. The Bertz CT molecular complexity index is 729. The molecule has 2 heterocycles. The van der Waals surface area contributed by atoms with Gasteiger partial charge in [-0.05, 0) is 68.2 Å². The maximum atomic E-state index is 5.42. The minimum atomic E-state index is 0.0973. The van der Waals surface area contributed by atoms with Crippen LogP contribution in [0.15, 0.2) is 42.6 Å². The quantitative estimate of drug-likeness (QED) is 0.772. The topological polar surface area (TPSA) is 49.4 Å². The van der Waals surface area contributed by atoms with Crippen LogP contribution in [0.1, 0.15) is 37.8 Å². The SMILES string of the molecule is COc1cccnc1NC(=S)N[C@H](C)c1ccc(N2CCCCC2)cc1. The zero-order valence-electron chi connectivity index (χ0n) is 15.4. The maximum absolute atomic E-state index is 5.42. The molecule has 1 aliphatic heterocycles. The molecule has 2 N–H and O–H groups in total. The third-order valence-electron chi connectivity index (χ3n) is 4.68. The van der Waals surface area contributed by atoms with Crippen molar-refractivity contribution in [1.82, 2.24) is 10.3 Å². The number of nitrogens with one attached hydrogen (secondary N) is 2. The van der Waals surface area contributed by atoms with E-state index < -0.39 is 0 Å². The average Bonchev–Trinajstić information content (AvgIpc) is 2.69. The van der Waals surface area contributed by atoms with Crippen molar-refractivity contribution in [2.75, 3.05) is 30.4 Å². The largest absolute Gasteiger partial charge is 0.493 e. The van der Waals surface area contributed by atoms with Crippen molar-refractivity contribution in [3.05, 3.63) is 48.2 Å². The summed E-state index contributed by atoms with van der Waals surface area (Å²) in [6, 6.07) is 12.5. The summed E-state index contributed by atoms with van der Waals surface area (Å²) in [5, 5.41) is 6.93.